The Hall–Kier alpha value is -1.49. The summed E-state index contributed by atoms with van der Waals surface area (Å²) in [5.41, 5.74) is 0.763. The molecule has 1 aliphatic rings. The molecular weight excluding hydrogens is 286 g/mol. The highest BCUT2D eigenvalue weighted by atomic mass is 32.2. The molecule has 1 aromatic carbocycles. The summed E-state index contributed by atoms with van der Waals surface area (Å²) < 4.78 is 0. The maximum Gasteiger partial charge on any atom is 0.307 e. The maximum atomic E-state index is 12.5. The summed E-state index contributed by atoms with van der Waals surface area (Å²) >= 11 is 1.56. The van der Waals surface area contributed by atoms with E-state index >= 15 is 0 Å². The fourth-order valence-electron chi connectivity index (χ4n) is 3.01. The van der Waals surface area contributed by atoms with Gasteiger partial charge in [0.1, 0.15) is 0 Å². The normalized spacial score (nSPS) is 24.8. The van der Waals surface area contributed by atoms with Crippen LogP contribution >= 0.6 is 11.8 Å². The first-order valence-electron chi connectivity index (χ1n) is 7.23. The number of thioether (sulfide) groups is 1. The number of carboxylic acids is 1. The highest BCUT2D eigenvalue weighted by Gasteiger charge is 2.42. The van der Waals surface area contributed by atoms with Gasteiger partial charge >= 0.3 is 5.97 Å². The van der Waals surface area contributed by atoms with Crippen molar-refractivity contribution in [1.82, 2.24) is 0 Å². The zero-order valence-corrected chi connectivity index (χ0v) is 13.2. The van der Waals surface area contributed by atoms with Gasteiger partial charge in [-0.05, 0) is 37.1 Å². The van der Waals surface area contributed by atoms with Crippen molar-refractivity contribution in [2.24, 2.45) is 17.8 Å². The number of anilines is 1. The molecule has 3 atom stereocenters. The molecule has 0 bridgehead atoms. The first kappa shape index (κ1) is 15.9. The van der Waals surface area contributed by atoms with Crippen LogP contribution in [0.5, 0.6) is 0 Å². The Labute approximate surface area is 129 Å². The number of nitrogens with one attached hydrogen (secondary N) is 1. The van der Waals surface area contributed by atoms with Crippen LogP contribution in [0.25, 0.3) is 0 Å². The van der Waals surface area contributed by atoms with Crippen molar-refractivity contribution in [1.29, 1.82) is 0 Å². The summed E-state index contributed by atoms with van der Waals surface area (Å²) in [5.74, 6) is -1.68. The molecule has 1 unspecified atom stereocenters. The lowest BCUT2D eigenvalue weighted by atomic mass is 9.95. The van der Waals surface area contributed by atoms with Gasteiger partial charge in [0.15, 0.2) is 0 Å². The zero-order valence-electron chi connectivity index (χ0n) is 12.3. The van der Waals surface area contributed by atoms with E-state index in [1.807, 2.05) is 37.4 Å². The Morgan fingerprint density at radius 1 is 1.29 bits per heavy atom. The molecule has 0 heterocycles. The zero-order chi connectivity index (χ0) is 15.4. The molecule has 114 valence electrons. The maximum absolute atomic E-state index is 12.5. The van der Waals surface area contributed by atoms with Crippen molar-refractivity contribution in [3.05, 3.63) is 24.3 Å². The minimum absolute atomic E-state index is 0.167. The molecule has 2 N–H and O–H groups in total. The van der Waals surface area contributed by atoms with E-state index in [1.54, 1.807) is 11.8 Å². The summed E-state index contributed by atoms with van der Waals surface area (Å²) in [5, 5.41) is 12.2. The topological polar surface area (TPSA) is 66.4 Å². The number of hydrogen-bond acceptors (Lipinski definition) is 3. The van der Waals surface area contributed by atoms with Crippen molar-refractivity contribution in [2.45, 2.75) is 31.1 Å². The highest BCUT2D eigenvalue weighted by Crippen LogP contribution is 2.39. The molecule has 2 rings (SSSR count). The Bertz CT molecular complexity index is 532. The van der Waals surface area contributed by atoms with Crippen molar-refractivity contribution >= 4 is 29.3 Å². The van der Waals surface area contributed by atoms with E-state index in [-0.39, 0.29) is 5.91 Å². The molecule has 1 aliphatic carbocycles. The molecule has 0 radical (unpaired) electrons. The van der Waals surface area contributed by atoms with E-state index in [2.05, 4.69) is 5.32 Å². The van der Waals surface area contributed by atoms with Crippen LogP contribution in [0.15, 0.2) is 29.2 Å². The van der Waals surface area contributed by atoms with Crippen molar-refractivity contribution in [3.63, 3.8) is 0 Å². The molecule has 0 saturated heterocycles. The largest absolute Gasteiger partial charge is 0.481 e. The number of hydrogen-bond donors (Lipinski definition) is 2. The quantitative estimate of drug-likeness (QED) is 0.817. The molecule has 1 saturated carbocycles. The predicted molar refractivity (Wildman–Crippen MR) is 84.5 cm³/mol. The first-order valence-corrected chi connectivity index (χ1v) is 8.46. The smallest absolute Gasteiger partial charge is 0.307 e. The Morgan fingerprint density at radius 3 is 2.57 bits per heavy atom. The van der Waals surface area contributed by atoms with Gasteiger partial charge < -0.3 is 10.4 Å². The van der Waals surface area contributed by atoms with E-state index in [0.717, 1.165) is 17.0 Å². The van der Waals surface area contributed by atoms with Gasteiger partial charge in [-0.15, -0.1) is 11.8 Å². The summed E-state index contributed by atoms with van der Waals surface area (Å²) in [6.45, 7) is 2.05. The molecule has 5 heteroatoms. The van der Waals surface area contributed by atoms with Gasteiger partial charge in [-0.1, -0.05) is 25.5 Å². The van der Waals surface area contributed by atoms with Gasteiger partial charge in [0.05, 0.1) is 17.5 Å². The molecule has 21 heavy (non-hydrogen) atoms. The molecular formula is C16H21NO3S. The Morgan fingerprint density at radius 2 is 1.95 bits per heavy atom. The van der Waals surface area contributed by atoms with Crippen LogP contribution in [-0.4, -0.2) is 23.2 Å². The predicted octanol–water partition coefficient (Wildman–Crippen LogP) is 3.48. The van der Waals surface area contributed by atoms with Gasteiger partial charge in [0, 0.05) is 4.90 Å². The lowest BCUT2D eigenvalue weighted by molar-refractivity contribution is -0.145. The van der Waals surface area contributed by atoms with Crippen LogP contribution in [0.2, 0.25) is 0 Å². The third-order valence-electron chi connectivity index (χ3n) is 4.26. The Balaban J connectivity index is 2.13. The van der Waals surface area contributed by atoms with Crippen LogP contribution in [-0.2, 0) is 9.59 Å². The van der Waals surface area contributed by atoms with Gasteiger partial charge in [0.25, 0.3) is 0 Å². The average molecular weight is 307 g/mol. The molecule has 0 spiro atoms. The van der Waals surface area contributed by atoms with Gasteiger partial charge in [-0.25, -0.2) is 0 Å². The van der Waals surface area contributed by atoms with E-state index in [4.69, 9.17) is 0 Å². The number of benzene rings is 1. The number of aliphatic carboxylic acids is 1. The van der Waals surface area contributed by atoms with E-state index in [1.165, 1.54) is 0 Å². The average Bonchev–Trinajstić information content (AvgIpc) is 2.92. The highest BCUT2D eigenvalue weighted by molar-refractivity contribution is 7.98. The van der Waals surface area contributed by atoms with Gasteiger partial charge in [-0.2, -0.15) is 0 Å². The minimum Gasteiger partial charge on any atom is -0.481 e. The number of carboxylic acid groups (broad SMARTS) is 1. The van der Waals surface area contributed by atoms with Crippen LogP contribution in [0, 0.1) is 17.8 Å². The number of para-hydroxylation sites is 1. The second-order valence-corrected chi connectivity index (χ2v) is 6.33. The van der Waals surface area contributed by atoms with Gasteiger partial charge in [0.2, 0.25) is 5.91 Å². The fraction of sp³-hybridized carbons (Fsp3) is 0.500. The second kappa shape index (κ2) is 6.98. The lowest BCUT2D eigenvalue weighted by Crippen LogP contribution is -2.30. The van der Waals surface area contributed by atoms with E-state index in [9.17, 15) is 14.7 Å². The van der Waals surface area contributed by atoms with Crippen molar-refractivity contribution in [3.8, 4) is 0 Å². The van der Waals surface area contributed by atoms with Crippen LogP contribution in [0.3, 0.4) is 0 Å². The van der Waals surface area contributed by atoms with Crippen LogP contribution < -0.4 is 5.32 Å². The van der Waals surface area contributed by atoms with E-state index < -0.39 is 17.8 Å². The number of carbonyl (C=O) groups is 2. The number of amides is 1. The van der Waals surface area contributed by atoms with E-state index in [0.29, 0.717) is 18.8 Å². The third kappa shape index (κ3) is 3.59. The summed E-state index contributed by atoms with van der Waals surface area (Å²) in [7, 11) is 0. The lowest BCUT2D eigenvalue weighted by Gasteiger charge is -2.16. The SMILES string of the molecule is CCC1C[C@H](C(=O)Nc2ccccc2SC)[C@H](C(=O)O)C1. The van der Waals surface area contributed by atoms with Gasteiger partial charge in [-0.3, -0.25) is 9.59 Å². The standard InChI is InChI=1S/C16H21NO3S/c1-3-10-8-11(12(9-10)16(19)20)15(18)17-13-6-4-5-7-14(13)21-2/h4-7,10-12H,3,8-9H2,1-2H3,(H,17,18)(H,19,20)/t10?,11-,12+/m0/s1. The molecule has 1 aromatic rings. The van der Waals surface area contributed by atoms with Crippen LogP contribution in [0.4, 0.5) is 5.69 Å². The monoisotopic (exact) mass is 307 g/mol. The summed E-state index contributed by atoms with van der Waals surface area (Å²) in [6, 6.07) is 7.59. The molecule has 4 nitrogen and oxygen atoms in total. The van der Waals surface area contributed by atoms with Crippen molar-refractivity contribution in [2.75, 3.05) is 11.6 Å². The number of carbonyl (C=O) groups excluding carboxylic acids is 1. The molecule has 0 aromatic heterocycles. The Kier molecular flexibility index (Phi) is 5.28. The first-order chi connectivity index (χ1) is 10.1. The van der Waals surface area contributed by atoms with Crippen LogP contribution in [0.1, 0.15) is 26.2 Å². The summed E-state index contributed by atoms with van der Waals surface area (Å²) in [6.07, 6.45) is 4.15. The fourth-order valence-corrected chi connectivity index (χ4v) is 3.57. The summed E-state index contributed by atoms with van der Waals surface area (Å²) in [4.78, 5) is 24.8. The molecule has 0 aliphatic heterocycles. The minimum atomic E-state index is -0.857. The van der Waals surface area contributed by atoms with Crippen molar-refractivity contribution < 1.29 is 14.7 Å². The molecule has 1 amide bonds. The third-order valence-corrected chi connectivity index (χ3v) is 5.05. The molecule has 1 fully saturated rings. The second-order valence-electron chi connectivity index (χ2n) is 5.49. The number of rotatable bonds is 5.